The van der Waals surface area contributed by atoms with Gasteiger partial charge in [0.2, 0.25) is 0 Å². The van der Waals surface area contributed by atoms with Crippen molar-refractivity contribution >= 4 is 6.09 Å². The third kappa shape index (κ3) is 3.71. The maximum atomic E-state index is 13.6. The largest absolute Gasteiger partial charge is 0.450 e. The van der Waals surface area contributed by atoms with E-state index in [0.717, 1.165) is 5.56 Å². The van der Waals surface area contributed by atoms with Gasteiger partial charge in [-0.3, -0.25) is 0 Å². The van der Waals surface area contributed by atoms with E-state index < -0.39 is 12.1 Å². The number of aryl methyl sites for hydroxylation is 1. The van der Waals surface area contributed by atoms with Crippen LogP contribution in [0.4, 0.5) is 9.18 Å². The molecule has 0 heterocycles. The number of nitrogens with two attached hydrogens (primary N) is 1. The van der Waals surface area contributed by atoms with E-state index in [-0.39, 0.29) is 19.0 Å². The second kappa shape index (κ2) is 6.20. The highest BCUT2D eigenvalue weighted by Gasteiger charge is 2.17. The average Bonchev–Trinajstić information content (AvgIpc) is 2.30. The lowest BCUT2D eigenvalue weighted by molar-refractivity contribution is 0.148. The SMILES string of the molecule is CCOC(=O)NC(CN)c1cc(C)ccc1F. The molecule has 1 unspecified atom stereocenters. The normalized spacial score (nSPS) is 12.0. The number of hydrogen-bond acceptors (Lipinski definition) is 3. The Bertz CT molecular complexity index is 396. The van der Waals surface area contributed by atoms with Crippen molar-refractivity contribution in [2.45, 2.75) is 19.9 Å². The molecule has 0 saturated carbocycles. The van der Waals surface area contributed by atoms with Crippen LogP contribution in [-0.4, -0.2) is 19.2 Å². The number of nitrogens with one attached hydrogen (secondary N) is 1. The van der Waals surface area contributed by atoms with Gasteiger partial charge in [0.15, 0.2) is 0 Å². The fraction of sp³-hybridized carbons (Fsp3) is 0.417. The molecule has 1 atom stereocenters. The van der Waals surface area contributed by atoms with Crippen LogP contribution in [-0.2, 0) is 4.74 Å². The van der Waals surface area contributed by atoms with Gasteiger partial charge in [0.25, 0.3) is 0 Å². The van der Waals surface area contributed by atoms with Gasteiger partial charge in [-0.05, 0) is 19.9 Å². The smallest absolute Gasteiger partial charge is 0.407 e. The summed E-state index contributed by atoms with van der Waals surface area (Å²) in [7, 11) is 0. The van der Waals surface area contributed by atoms with Gasteiger partial charge in [0.1, 0.15) is 5.82 Å². The Morgan fingerprint density at radius 2 is 2.29 bits per heavy atom. The summed E-state index contributed by atoms with van der Waals surface area (Å²) in [5, 5.41) is 2.53. The second-order valence-electron chi connectivity index (χ2n) is 3.68. The van der Waals surface area contributed by atoms with Crippen molar-refractivity contribution in [1.82, 2.24) is 5.32 Å². The quantitative estimate of drug-likeness (QED) is 0.844. The second-order valence-corrected chi connectivity index (χ2v) is 3.68. The molecule has 94 valence electrons. The molecule has 3 N–H and O–H groups in total. The van der Waals surface area contributed by atoms with Crippen molar-refractivity contribution in [3.8, 4) is 0 Å². The summed E-state index contributed by atoms with van der Waals surface area (Å²) in [6, 6.07) is 4.12. The molecule has 0 fully saturated rings. The van der Waals surface area contributed by atoms with Gasteiger partial charge in [-0.2, -0.15) is 0 Å². The number of halogens is 1. The zero-order valence-electron chi connectivity index (χ0n) is 10.00. The number of benzene rings is 1. The zero-order valence-corrected chi connectivity index (χ0v) is 10.00. The molecule has 1 aromatic carbocycles. The summed E-state index contributed by atoms with van der Waals surface area (Å²) in [6.45, 7) is 3.92. The maximum Gasteiger partial charge on any atom is 0.407 e. The first-order valence-electron chi connectivity index (χ1n) is 5.47. The number of rotatable bonds is 4. The maximum absolute atomic E-state index is 13.6. The van der Waals surface area contributed by atoms with E-state index in [2.05, 4.69) is 5.32 Å². The van der Waals surface area contributed by atoms with Crippen LogP contribution in [0.5, 0.6) is 0 Å². The molecule has 0 aliphatic rings. The van der Waals surface area contributed by atoms with E-state index in [4.69, 9.17) is 10.5 Å². The van der Waals surface area contributed by atoms with Gasteiger partial charge >= 0.3 is 6.09 Å². The summed E-state index contributed by atoms with van der Waals surface area (Å²) >= 11 is 0. The van der Waals surface area contributed by atoms with E-state index >= 15 is 0 Å². The lowest BCUT2D eigenvalue weighted by atomic mass is 10.0. The van der Waals surface area contributed by atoms with Gasteiger partial charge in [-0.15, -0.1) is 0 Å². The predicted molar refractivity (Wildman–Crippen MR) is 63.1 cm³/mol. The molecule has 0 radical (unpaired) electrons. The number of amides is 1. The Hall–Kier alpha value is -1.62. The number of hydrogen-bond donors (Lipinski definition) is 2. The van der Waals surface area contributed by atoms with Crippen LogP contribution in [0.1, 0.15) is 24.1 Å². The summed E-state index contributed by atoms with van der Waals surface area (Å²) in [6.07, 6.45) is -0.594. The van der Waals surface area contributed by atoms with Gasteiger partial charge in [-0.25, -0.2) is 9.18 Å². The molecular formula is C12H17FN2O2. The van der Waals surface area contributed by atoms with Crippen molar-refractivity contribution in [3.63, 3.8) is 0 Å². The van der Waals surface area contributed by atoms with Gasteiger partial charge < -0.3 is 15.8 Å². The Kier molecular flexibility index (Phi) is 4.90. The van der Waals surface area contributed by atoms with Crippen LogP contribution in [0.25, 0.3) is 0 Å². The van der Waals surface area contributed by atoms with Crippen LogP contribution in [0.3, 0.4) is 0 Å². The highest BCUT2D eigenvalue weighted by molar-refractivity contribution is 5.67. The topological polar surface area (TPSA) is 64.3 Å². The van der Waals surface area contributed by atoms with Crippen molar-refractivity contribution < 1.29 is 13.9 Å². The molecule has 4 nitrogen and oxygen atoms in total. The fourth-order valence-electron chi connectivity index (χ4n) is 1.51. The highest BCUT2D eigenvalue weighted by Crippen LogP contribution is 2.18. The van der Waals surface area contributed by atoms with Crippen molar-refractivity contribution in [2.24, 2.45) is 5.73 Å². The molecule has 1 aromatic rings. The first-order chi connectivity index (χ1) is 8.08. The Balaban J connectivity index is 2.85. The number of carbonyl (C=O) groups is 1. The lowest BCUT2D eigenvalue weighted by Gasteiger charge is -2.18. The third-order valence-electron chi connectivity index (χ3n) is 2.33. The Morgan fingerprint density at radius 3 is 2.88 bits per heavy atom. The molecule has 0 aromatic heterocycles. The van der Waals surface area contributed by atoms with Gasteiger partial charge in [0, 0.05) is 12.1 Å². The minimum Gasteiger partial charge on any atom is -0.450 e. The van der Waals surface area contributed by atoms with Crippen LogP contribution in [0.15, 0.2) is 18.2 Å². The molecular weight excluding hydrogens is 223 g/mol. The van der Waals surface area contributed by atoms with E-state index in [1.807, 2.05) is 6.92 Å². The fourth-order valence-corrected chi connectivity index (χ4v) is 1.51. The molecule has 0 aliphatic carbocycles. The highest BCUT2D eigenvalue weighted by atomic mass is 19.1. The minimum absolute atomic E-state index is 0.110. The summed E-state index contributed by atoms with van der Waals surface area (Å²) in [5.41, 5.74) is 6.81. The van der Waals surface area contributed by atoms with Gasteiger partial charge in [0.05, 0.1) is 12.6 Å². The van der Waals surface area contributed by atoms with E-state index in [0.29, 0.717) is 5.56 Å². The molecule has 0 saturated heterocycles. The first-order valence-corrected chi connectivity index (χ1v) is 5.47. The summed E-state index contributed by atoms with van der Waals surface area (Å²) < 4.78 is 18.3. The van der Waals surface area contributed by atoms with E-state index in [1.54, 1.807) is 19.1 Å². The lowest BCUT2D eigenvalue weighted by Crippen LogP contribution is -2.34. The van der Waals surface area contributed by atoms with Crippen molar-refractivity contribution in [3.05, 3.63) is 35.1 Å². The van der Waals surface area contributed by atoms with E-state index in [9.17, 15) is 9.18 Å². The Labute approximate surface area is 100.0 Å². The number of ether oxygens (including phenoxy) is 1. The predicted octanol–water partition coefficient (Wildman–Crippen LogP) is 1.88. The molecule has 5 heteroatoms. The monoisotopic (exact) mass is 240 g/mol. The van der Waals surface area contributed by atoms with Crippen LogP contribution < -0.4 is 11.1 Å². The van der Waals surface area contributed by atoms with Crippen LogP contribution in [0.2, 0.25) is 0 Å². The molecule has 0 aliphatic heterocycles. The molecule has 0 spiro atoms. The molecule has 0 bridgehead atoms. The van der Waals surface area contributed by atoms with Crippen molar-refractivity contribution in [2.75, 3.05) is 13.2 Å². The molecule has 17 heavy (non-hydrogen) atoms. The molecule has 1 rings (SSSR count). The number of carbonyl (C=O) groups excluding carboxylic acids is 1. The Morgan fingerprint density at radius 1 is 1.59 bits per heavy atom. The number of alkyl carbamates (subject to hydrolysis) is 1. The average molecular weight is 240 g/mol. The standard InChI is InChI=1S/C12H17FN2O2/c1-3-17-12(16)15-11(7-14)9-6-8(2)4-5-10(9)13/h4-6,11H,3,7,14H2,1-2H3,(H,15,16). The third-order valence-corrected chi connectivity index (χ3v) is 2.33. The van der Waals surface area contributed by atoms with Crippen LogP contribution in [0, 0.1) is 12.7 Å². The molecule has 1 amide bonds. The first kappa shape index (κ1) is 13.4. The van der Waals surface area contributed by atoms with Crippen molar-refractivity contribution in [1.29, 1.82) is 0 Å². The van der Waals surface area contributed by atoms with Crippen LogP contribution >= 0.6 is 0 Å². The summed E-state index contributed by atoms with van der Waals surface area (Å²) in [5.74, 6) is -0.386. The van der Waals surface area contributed by atoms with E-state index in [1.165, 1.54) is 6.07 Å². The minimum atomic E-state index is -0.594. The summed E-state index contributed by atoms with van der Waals surface area (Å²) in [4.78, 5) is 11.3. The zero-order chi connectivity index (χ0) is 12.8. The van der Waals surface area contributed by atoms with Gasteiger partial charge in [-0.1, -0.05) is 17.7 Å².